The van der Waals surface area contributed by atoms with Gasteiger partial charge >= 0.3 is 11.9 Å². The Balaban J connectivity index is 1.15. The number of rotatable bonds is 5. The lowest BCUT2D eigenvalue weighted by molar-refractivity contribution is -0.139. The van der Waals surface area contributed by atoms with E-state index in [0.717, 1.165) is 67.6 Å². The predicted octanol–water partition coefficient (Wildman–Crippen LogP) is 2.62. The van der Waals surface area contributed by atoms with Gasteiger partial charge in [-0.05, 0) is 82.2 Å². The first-order chi connectivity index (χ1) is 16.8. The first kappa shape index (κ1) is 22.7. The molecule has 6 rings (SSSR count). The van der Waals surface area contributed by atoms with E-state index in [1.54, 1.807) is 13.0 Å². The van der Waals surface area contributed by atoms with E-state index in [2.05, 4.69) is 4.90 Å². The Morgan fingerprint density at radius 3 is 2.43 bits per heavy atom. The van der Waals surface area contributed by atoms with Crippen molar-refractivity contribution < 1.29 is 29.0 Å². The first-order valence-corrected chi connectivity index (χ1v) is 12.7. The number of fused-ring (bicyclic) bond motifs is 1. The van der Waals surface area contributed by atoms with Gasteiger partial charge < -0.3 is 24.4 Å². The van der Waals surface area contributed by atoms with Crippen LogP contribution in [0.15, 0.2) is 23.4 Å². The van der Waals surface area contributed by atoms with Crippen molar-refractivity contribution in [3.63, 3.8) is 0 Å². The van der Waals surface area contributed by atoms with E-state index in [-0.39, 0.29) is 37.1 Å². The SMILES string of the molecule is CC1=C(N2C(=O)C3(CCN(C[C@H](O)c4ccc5c(c4C)COC5=O)CC3)CC2C2CC2)COC1=O. The Morgan fingerprint density at radius 2 is 1.77 bits per heavy atom. The van der Waals surface area contributed by atoms with Crippen molar-refractivity contribution in [2.24, 2.45) is 11.3 Å². The molecule has 4 heterocycles. The Labute approximate surface area is 204 Å². The third-order valence-corrected chi connectivity index (χ3v) is 8.95. The summed E-state index contributed by atoms with van der Waals surface area (Å²) in [4.78, 5) is 41.8. The maximum atomic E-state index is 13.8. The number of hydrogen-bond acceptors (Lipinski definition) is 7. The summed E-state index contributed by atoms with van der Waals surface area (Å²) in [6, 6.07) is 3.74. The van der Waals surface area contributed by atoms with Gasteiger partial charge in [0.25, 0.3) is 0 Å². The molecular weight excluding hydrogens is 448 g/mol. The summed E-state index contributed by atoms with van der Waals surface area (Å²) in [5.74, 6) is 0.0591. The average Bonchev–Trinajstić information content (AvgIpc) is 3.48. The molecule has 2 saturated heterocycles. The number of aliphatic hydroxyl groups excluding tert-OH is 1. The average molecular weight is 481 g/mol. The van der Waals surface area contributed by atoms with Gasteiger partial charge in [0, 0.05) is 18.2 Å². The van der Waals surface area contributed by atoms with Gasteiger partial charge in [0.2, 0.25) is 5.91 Å². The van der Waals surface area contributed by atoms with E-state index in [9.17, 15) is 19.5 Å². The van der Waals surface area contributed by atoms with Gasteiger partial charge in [-0.3, -0.25) is 4.79 Å². The zero-order valence-electron chi connectivity index (χ0n) is 20.3. The van der Waals surface area contributed by atoms with E-state index in [1.807, 2.05) is 17.9 Å². The number of carbonyl (C=O) groups excluding carboxylic acids is 3. The number of cyclic esters (lactones) is 2. The molecule has 1 spiro atoms. The number of aliphatic hydroxyl groups is 1. The van der Waals surface area contributed by atoms with Crippen LogP contribution in [-0.4, -0.2) is 65.0 Å². The molecule has 4 aliphatic heterocycles. The van der Waals surface area contributed by atoms with Gasteiger partial charge in [-0.25, -0.2) is 9.59 Å². The summed E-state index contributed by atoms with van der Waals surface area (Å²) in [6.45, 7) is 6.13. The Bertz CT molecular complexity index is 1140. The molecule has 3 fully saturated rings. The van der Waals surface area contributed by atoms with Crippen LogP contribution in [0.4, 0.5) is 0 Å². The molecule has 1 aromatic carbocycles. The van der Waals surface area contributed by atoms with Crippen LogP contribution in [0.25, 0.3) is 0 Å². The first-order valence-electron chi connectivity index (χ1n) is 12.7. The van der Waals surface area contributed by atoms with E-state index >= 15 is 0 Å². The third kappa shape index (κ3) is 3.61. The maximum absolute atomic E-state index is 13.8. The molecule has 1 saturated carbocycles. The highest BCUT2D eigenvalue weighted by molar-refractivity contribution is 5.95. The fourth-order valence-electron chi connectivity index (χ4n) is 6.54. The van der Waals surface area contributed by atoms with E-state index < -0.39 is 11.5 Å². The number of β-amino-alcohol motifs (C(OH)–C–C–N with tert-alkyl or cyclic N) is 1. The second-order valence-electron chi connectivity index (χ2n) is 10.9. The third-order valence-electron chi connectivity index (χ3n) is 8.95. The summed E-state index contributed by atoms with van der Waals surface area (Å²) in [7, 11) is 0. The predicted molar refractivity (Wildman–Crippen MR) is 125 cm³/mol. The number of amides is 1. The minimum absolute atomic E-state index is 0.154. The van der Waals surface area contributed by atoms with Crippen molar-refractivity contribution in [3.8, 4) is 0 Å². The van der Waals surface area contributed by atoms with Gasteiger partial charge in [-0.15, -0.1) is 0 Å². The molecule has 35 heavy (non-hydrogen) atoms. The van der Waals surface area contributed by atoms with E-state index in [1.165, 1.54) is 0 Å². The van der Waals surface area contributed by atoms with Crippen molar-refractivity contribution in [1.82, 2.24) is 9.80 Å². The summed E-state index contributed by atoms with van der Waals surface area (Å²) >= 11 is 0. The molecule has 0 bridgehead atoms. The van der Waals surface area contributed by atoms with E-state index in [0.29, 0.717) is 23.6 Å². The maximum Gasteiger partial charge on any atom is 0.338 e. The van der Waals surface area contributed by atoms with Crippen LogP contribution >= 0.6 is 0 Å². The molecule has 5 aliphatic rings. The van der Waals surface area contributed by atoms with Crippen LogP contribution in [0.2, 0.25) is 0 Å². The number of ether oxygens (including phenoxy) is 2. The lowest BCUT2D eigenvalue weighted by atomic mass is 9.75. The minimum Gasteiger partial charge on any atom is -0.457 e. The number of piperidine rings is 1. The Morgan fingerprint density at radius 1 is 1.06 bits per heavy atom. The van der Waals surface area contributed by atoms with Gasteiger partial charge in [0.05, 0.1) is 28.4 Å². The summed E-state index contributed by atoms with van der Waals surface area (Å²) < 4.78 is 10.4. The molecular formula is C27H32N2O6. The second kappa shape index (κ2) is 8.17. The standard InChI is InChI=1S/C27H32N2O6/c1-15-18(5-6-19-20(15)13-34-25(19)32)23(30)12-28-9-7-27(8-10-28)11-21(17-3-4-17)29(26(27)33)22-14-35-24(31)16(22)2/h5-6,17,21,23,30H,3-4,7-14H2,1-2H3/t21?,23-/m0/s1. The van der Waals surface area contributed by atoms with Crippen LogP contribution < -0.4 is 0 Å². The highest BCUT2D eigenvalue weighted by Gasteiger charge is 2.57. The summed E-state index contributed by atoms with van der Waals surface area (Å²) in [6.07, 6.45) is 3.96. The van der Waals surface area contributed by atoms with Crippen LogP contribution in [0.1, 0.15) is 72.2 Å². The van der Waals surface area contributed by atoms with Gasteiger partial charge in [-0.1, -0.05) is 6.07 Å². The number of nitrogens with zero attached hydrogens (tertiary/aromatic N) is 2. The lowest BCUT2D eigenvalue weighted by Gasteiger charge is -2.38. The van der Waals surface area contributed by atoms with Crippen LogP contribution in [-0.2, 0) is 25.7 Å². The van der Waals surface area contributed by atoms with Crippen molar-refractivity contribution in [2.45, 2.75) is 64.7 Å². The highest BCUT2D eigenvalue weighted by Crippen LogP contribution is 2.53. The molecule has 1 aliphatic carbocycles. The topological polar surface area (TPSA) is 96.4 Å². The summed E-state index contributed by atoms with van der Waals surface area (Å²) in [5.41, 5.74) is 4.14. The minimum atomic E-state index is -0.672. The summed E-state index contributed by atoms with van der Waals surface area (Å²) in [5, 5.41) is 11.0. The largest absolute Gasteiger partial charge is 0.457 e. The van der Waals surface area contributed by atoms with Crippen LogP contribution in [0, 0.1) is 18.3 Å². The Hall–Kier alpha value is -2.71. The number of hydrogen-bond donors (Lipinski definition) is 1. The van der Waals surface area contributed by atoms with Crippen molar-refractivity contribution in [1.29, 1.82) is 0 Å². The fourth-order valence-corrected chi connectivity index (χ4v) is 6.54. The van der Waals surface area contributed by atoms with Gasteiger partial charge in [0.15, 0.2) is 0 Å². The molecule has 186 valence electrons. The number of carbonyl (C=O) groups is 3. The fraction of sp³-hybridized carbons (Fsp3) is 0.593. The molecule has 8 heteroatoms. The lowest BCUT2D eigenvalue weighted by Crippen LogP contribution is -2.45. The van der Waals surface area contributed by atoms with E-state index in [4.69, 9.17) is 9.47 Å². The normalized spacial score (nSPS) is 27.0. The highest BCUT2D eigenvalue weighted by atomic mass is 16.5. The molecule has 1 N–H and O–H groups in total. The van der Waals surface area contributed by atoms with Crippen LogP contribution in [0.5, 0.6) is 0 Å². The van der Waals surface area contributed by atoms with Gasteiger partial charge in [-0.2, -0.15) is 0 Å². The second-order valence-corrected chi connectivity index (χ2v) is 10.9. The molecule has 8 nitrogen and oxygen atoms in total. The molecule has 0 radical (unpaired) electrons. The molecule has 1 unspecified atom stereocenters. The molecule has 1 aromatic rings. The molecule has 2 atom stereocenters. The zero-order valence-corrected chi connectivity index (χ0v) is 20.3. The molecule has 0 aromatic heterocycles. The number of esters is 2. The quantitative estimate of drug-likeness (QED) is 0.647. The zero-order chi connectivity index (χ0) is 24.5. The number of benzene rings is 1. The smallest absolute Gasteiger partial charge is 0.338 e. The van der Waals surface area contributed by atoms with Crippen molar-refractivity contribution in [2.75, 3.05) is 26.2 Å². The van der Waals surface area contributed by atoms with Crippen molar-refractivity contribution in [3.05, 3.63) is 45.7 Å². The Kier molecular flexibility index (Phi) is 5.30. The van der Waals surface area contributed by atoms with Gasteiger partial charge in [0.1, 0.15) is 13.2 Å². The van der Waals surface area contributed by atoms with Crippen molar-refractivity contribution >= 4 is 17.8 Å². The monoisotopic (exact) mass is 480 g/mol. The number of likely N-dealkylation sites (tertiary alicyclic amines) is 2. The molecule has 1 amide bonds. The van der Waals surface area contributed by atoms with Crippen LogP contribution in [0.3, 0.4) is 0 Å².